The molecule has 2 aliphatic heterocycles. The van der Waals surface area contributed by atoms with Crippen LogP contribution in [0.25, 0.3) is 6.08 Å². The van der Waals surface area contributed by atoms with E-state index in [9.17, 15) is 9.90 Å². The highest BCUT2D eigenvalue weighted by Crippen LogP contribution is 2.41. The van der Waals surface area contributed by atoms with E-state index in [1.807, 2.05) is 37.3 Å². The number of aliphatic hydroxyl groups is 1. The van der Waals surface area contributed by atoms with Gasteiger partial charge in [-0.25, -0.2) is 9.79 Å². The van der Waals surface area contributed by atoms with Gasteiger partial charge in [0.05, 0.1) is 23.8 Å². The van der Waals surface area contributed by atoms with Gasteiger partial charge in [0, 0.05) is 0 Å². The number of ether oxygens (including phenoxy) is 4. The van der Waals surface area contributed by atoms with Crippen LogP contribution in [-0.4, -0.2) is 42.5 Å². The number of benzene rings is 2. The minimum Gasteiger partial charge on any atom is -0.506 e. The Hall–Kier alpha value is -3.39. The number of carbonyl (C=O) groups is 1. The van der Waals surface area contributed by atoms with Gasteiger partial charge < -0.3 is 24.1 Å². The van der Waals surface area contributed by atoms with E-state index in [1.165, 1.54) is 11.8 Å². The molecule has 0 spiro atoms. The van der Waals surface area contributed by atoms with Crippen molar-refractivity contribution in [1.82, 2.24) is 0 Å². The quantitative estimate of drug-likeness (QED) is 0.613. The SMILES string of the molecule is CCOC(=O)C1=C(O)/C(=C\c2ccc3c(c2)OCCO3)SC1=Nc1ccc(OCC)cc1. The average molecular weight is 454 g/mol. The topological polar surface area (TPSA) is 86.6 Å². The number of hydrogen-bond donors (Lipinski definition) is 1. The molecule has 0 aromatic heterocycles. The Kier molecular flexibility index (Phi) is 6.70. The fraction of sp³-hybridized carbons (Fsp3) is 0.250. The second kappa shape index (κ2) is 9.82. The Morgan fingerprint density at radius 1 is 1.09 bits per heavy atom. The van der Waals surface area contributed by atoms with Gasteiger partial charge in [0.2, 0.25) is 0 Å². The van der Waals surface area contributed by atoms with Crippen molar-refractivity contribution in [2.45, 2.75) is 13.8 Å². The first-order valence-electron chi connectivity index (χ1n) is 10.3. The van der Waals surface area contributed by atoms with Crippen molar-refractivity contribution in [2.24, 2.45) is 4.99 Å². The van der Waals surface area contributed by atoms with Crippen molar-refractivity contribution in [1.29, 1.82) is 0 Å². The highest BCUT2D eigenvalue weighted by Gasteiger charge is 2.33. The van der Waals surface area contributed by atoms with Gasteiger partial charge in [0.25, 0.3) is 0 Å². The van der Waals surface area contributed by atoms with E-state index in [4.69, 9.17) is 18.9 Å². The van der Waals surface area contributed by atoms with E-state index in [0.717, 1.165) is 11.3 Å². The van der Waals surface area contributed by atoms with Crippen LogP contribution in [0.5, 0.6) is 17.2 Å². The maximum atomic E-state index is 12.6. The zero-order valence-electron chi connectivity index (χ0n) is 17.8. The number of aliphatic hydroxyl groups excluding tert-OH is 1. The minimum absolute atomic E-state index is 0.0505. The summed E-state index contributed by atoms with van der Waals surface area (Å²) in [6.45, 7) is 5.39. The molecule has 0 unspecified atom stereocenters. The van der Waals surface area contributed by atoms with E-state index in [2.05, 4.69) is 4.99 Å². The van der Waals surface area contributed by atoms with Gasteiger partial charge in [-0.3, -0.25) is 0 Å². The van der Waals surface area contributed by atoms with E-state index in [-0.39, 0.29) is 17.9 Å². The highest BCUT2D eigenvalue weighted by molar-refractivity contribution is 8.18. The monoisotopic (exact) mass is 453 g/mol. The predicted octanol–water partition coefficient (Wildman–Crippen LogP) is 5.05. The molecular weight excluding hydrogens is 430 g/mol. The number of nitrogens with zero attached hydrogens (tertiary/aromatic N) is 1. The van der Waals surface area contributed by atoms with Crippen molar-refractivity contribution < 1.29 is 28.8 Å². The Bertz CT molecular complexity index is 1100. The fourth-order valence-electron chi connectivity index (χ4n) is 3.19. The summed E-state index contributed by atoms with van der Waals surface area (Å²) in [5, 5.41) is 11.2. The predicted molar refractivity (Wildman–Crippen MR) is 124 cm³/mol. The Morgan fingerprint density at radius 2 is 1.84 bits per heavy atom. The third kappa shape index (κ3) is 4.75. The molecule has 0 bridgehead atoms. The molecule has 7 nitrogen and oxygen atoms in total. The number of esters is 1. The van der Waals surface area contributed by atoms with Crippen LogP contribution >= 0.6 is 11.8 Å². The first kappa shape index (κ1) is 21.8. The maximum absolute atomic E-state index is 12.6. The van der Waals surface area contributed by atoms with Gasteiger partial charge in [0.15, 0.2) is 11.5 Å². The lowest BCUT2D eigenvalue weighted by atomic mass is 10.1. The molecule has 0 saturated carbocycles. The van der Waals surface area contributed by atoms with E-state index in [0.29, 0.717) is 47.0 Å². The third-order valence-electron chi connectivity index (χ3n) is 4.61. The highest BCUT2D eigenvalue weighted by atomic mass is 32.2. The van der Waals surface area contributed by atoms with Crippen LogP contribution < -0.4 is 14.2 Å². The second-order valence-electron chi connectivity index (χ2n) is 6.80. The number of carbonyl (C=O) groups excluding carboxylic acids is 1. The molecule has 32 heavy (non-hydrogen) atoms. The van der Waals surface area contributed by atoms with Crippen molar-refractivity contribution in [3.8, 4) is 17.2 Å². The average Bonchev–Trinajstić information content (AvgIpc) is 3.10. The van der Waals surface area contributed by atoms with Crippen molar-refractivity contribution >= 4 is 34.5 Å². The standard InChI is InChI=1S/C24H23NO6S/c1-3-28-17-8-6-16(7-9-17)25-23-21(24(27)29-4-2)22(26)20(32-23)14-15-5-10-18-19(13-15)31-12-11-30-18/h5-10,13-14,26H,3-4,11-12H2,1-2H3/b20-14+,25-23?. The van der Waals surface area contributed by atoms with Crippen molar-refractivity contribution in [3.05, 3.63) is 64.3 Å². The molecule has 0 radical (unpaired) electrons. The summed E-state index contributed by atoms with van der Waals surface area (Å²) < 4.78 is 21.8. The molecule has 0 atom stereocenters. The van der Waals surface area contributed by atoms with Crippen LogP contribution in [0.15, 0.2) is 63.7 Å². The molecule has 8 heteroatoms. The third-order valence-corrected chi connectivity index (χ3v) is 5.63. The molecule has 166 valence electrons. The minimum atomic E-state index is -0.618. The fourth-order valence-corrected chi connectivity index (χ4v) is 4.23. The smallest absolute Gasteiger partial charge is 0.344 e. The second-order valence-corrected chi connectivity index (χ2v) is 7.83. The van der Waals surface area contributed by atoms with E-state index < -0.39 is 5.97 Å². The first-order valence-corrected chi connectivity index (χ1v) is 11.1. The van der Waals surface area contributed by atoms with Crippen molar-refractivity contribution in [3.63, 3.8) is 0 Å². The van der Waals surface area contributed by atoms with E-state index in [1.54, 1.807) is 25.1 Å². The molecule has 0 saturated heterocycles. The number of hydrogen-bond acceptors (Lipinski definition) is 8. The summed E-state index contributed by atoms with van der Waals surface area (Å²) in [6, 6.07) is 12.7. The molecule has 2 aliphatic rings. The van der Waals surface area contributed by atoms with E-state index >= 15 is 0 Å². The largest absolute Gasteiger partial charge is 0.506 e. The van der Waals surface area contributed by atoms with Crippen molar-refractivity contribution in [2.75, 3.05) is 26.4 Å². The summed E-state index contributed by atoms with van der Waals surface area (Å²) in [4.78, 5) is 17.6. The Balaban J connectivity index is 1.67. The number of thioether (sulfide) groups is 1. The molecule has 0 aliphatic carbocycles. The molecular formula is C24H23NO6S. The lowest BCUT2D eigenvalue weighted by molar-refractivity contribution is -0.138. The molecule has 2 aromatic rings. The van der Waals surface area contributed by atoms with Crippen LogP contribution in [0.3, 0.4) is 0 Å². The van der Waals surface area contributed by atoms with Gasteiger partial charge in [-0.2, -0.15) is 0 Å². The van der Waals surface area contributed by atoms with Crippen LogP contribution in [-0.2, 0) is 9.53 Å². The zero-order chi connectivity index (χ0) is 22.5. The van der Waals surface area contributed by atoms with Crippen LogP contribution in [0.4, 0.5) is 5.69 Å². The Morgan fingerprint density at radius 3 is 2.56 bits per heavy atom. The zero-order valence-corrected chi connectivity index (χ0v) is 18.6. The summed E-state index contributed by atoms with van der Waals surface area (Å²) in [7, 11) is 0. The number of aliphatic imine (C=N–C) groups is 1. The van der Waals surface area contributed by atoms with Gasteiger partial charge >= 0.3 is 5.97 Å². The van der Waals surface area contributed by atoms with Crippen LogP contribution in [0, 0.1) is 0 Å². The normalized spacial score (nSPS) is 17.7. The van der Waals surface area contributed by atoms with Crippen LogP contribution in [0.2, 0.25) is 0 Å². The molecule has 4 rings (SSSR count). The summed E-state index contributed by atoms with van der Waals surface area (Å²) in [5.74, 6) is 1.28. The molecule has 0 fully saturated rings. The van der Waals surface area contributed by atoms with Gasteiger partial charge in [-0.15, -0.1) is 0 Å². The summed E-state index contributed by atoms with van der Waals surface area (Å²) >= 11 is 1.21. The molecule has 1 N–H and O–H groups in total. The maximum Gasteiger partial charge on any atom is 0.344 e. The van der Waals surface area contributed by atoms with Crippen LogP contribution in [0.1, 0.15) is 19.4 Å². The lowest BCUT2D eigenvalue weighted by Gasteiger charge is -2.18. The molecule has 2 heterocycles. The summed E-state index contributed by atoms with van der Waals surface area (Å²) in [6.07, 6.45) is 1.78. The lowest BCUT2D eigenvalue weighted by Crippen LogP contribution is -2.15. The molecule has 2 aromatic carbocycles. The summed E-state index contributed by atoms with van der Waals surface area (Å²) in [5.41, 5.74) is 1.48. The number of fused-ring (bicyclic) bond motifs is 1. The Labute approximate surface area is 190 Å². The van der Waals surface area contributed by atoms with Gasteiger partial charge in [-0.1, -0.05) is 17.8 Å². The molecule has 0 amide bonds. The first-order chi connectivity index (χ1) is 15.6. The number of rotatable bonds is 6. The van der Waals surface area contributed by atoms with Gasteiger partial charge in [-0.05, 0) is 61.9 Å². The van der Waals surface area contributed by atoms with Gasteiger partial charge in [0.1, 0.15) is 35.3 Å².